The molecule has 0 aliphatic rings. The minimum Gasteiger partial charge on any atom is -0.0654 e. The number of rotatable bonds is 7. The molecule has 0 amide bonds. The molecule has 0 N–H and O–H groups in total. The molecule has 0 fully saturated rings. The zero-order valence-corrected chi connectivity index (χ0v) is 33.3. The standard InChI is InChI=1S/3C11H16.C7H7Br.C7H8/c2*1-4-10(3)11-7-5-9(2)6-8-11;1-3-4-5-11-8-6-10(2)7-9-11;1-6-2-4-7(8)5-3-6;1-7-5-3-2-4-6-7/h2*5-8,10H,4H2,1-3H3;6-9H,3-5H2,1-2H3;2-5H,1H3;2-6H,1H3/t2*10-;;;/m10.../s1. The number of benzene rings is 5. The first-order chi connectivity index (χ1) is 23.0. The van der Waals surface area contributed by atoms with Crippen molar-refractivity contribution in [1.82, 2.24) is 0 Å². The number of hydrogen-bond donors (Lipinski definition) is 0. The van der Waals surface area contributed by atoms with Crippen LogP contribution < -0.4 is 0 Å². The fourth-order valence-electron chi connectivity index (χ4n) is 4.46. The fourth-order valence-corrected chi connectivity index (χ4v) is 4.73. The molecule has 0 radical (unpaired) electrons. The van der Waals surface area contributed by atoms with Gasteiger partial charge in [0.1, 0.15) is 0 Å². The van der Waals surface area contributed by atoms with E-state index in [1.165, 1.54) is 76.6 Å². The highest BCUT2D eigenvalue weighted by Gasteiger charge is 2.01. The van der Waals surface area contributed by atoms with Crippen LogP contribution in [0.15, 0.2) is 132 Å². The Morgan fingerprint density at radius 1 is 0.438 bits per heavy atom. The van der Waals surface area contributed by atoms with E-state index in [1.807, 2.05) is 30.3 Å². The maximum Gasteiger partial charge on any atom is 0.0175 e. The van der Waals surface area contributed by atoms with Crippen LogP contribution in [0.4, 0.5) is 0 Å². The van der Waals surface area contributed by atoms with E-state index in [0.29, 0.717) is 11.8 Å². The van der Waals surface area contributed by atoms with Gasteiger partial charge < -0.3 is 0 Å². The van der Waals surface area contributed by atoms with E-state index in [9.17, 15) is 0 Å². The summed E-state index contributed by atoms with van der Waals surface area (Å²) in [6, 6.07) is 44.9. The van der Waals surface area contributed by atoms with Gasteiger partial charge >= 0.3 is 0 Å². The summed E-state index contributed by atoms with van der Waals surface area (Å²) in [5, 5.41) is 0. The van der Waals surface area contributed by atoms with Crippen molar-refractivity contribution < 1.29 is 0 Å². The zero-order valence-electron chi connectivity index (χ0n) is 31.7. The van der Waals surface area contributed by atoms with Crippen LogP contribution in [0.25, 0.3) is 0 Å². The predicted octanol–water partition coefficient (Wildman–Crippen LogP) is 15.1. The van der Waals surface area contributed by atoms with Gasteiger partial charge in [0.15, 0.2) is 0 Å². The molecule has 0 heterocycles. The molecule has 5 aromatic carbocycles. The van der Waals surface area contributed by atoms with Gasteiger partial charge in [-0.25, -0.2) is 0 Å². The highest BCUT2D eigenvalue weighted by atomic mass is 79.9. The summed E-state index contributed by atoms with van der Waals surface area (Å²) in [6.07, 6.45) is 6.28. The van der Waals surface area contributed by atoms with Crippen molar-refractivity contribution in [2.75, 3.05) is 0 Å². The lowest BCUT2D eigenvalue weighted by molar-refractivity contribution is 0.733. The Morgan fingerprint density at radius 3 is 1.06 bits per heavy atom. The van der Waals surface area contributed by atoms with Gasteiger partial charge in [-0.2, -0.15) is 0 Å². The van der Waals surface area contributed by atoms with Gasteiger partial charge in [-0.3, -0.25) is 0 Å². The van der Waals surface area contributed by atoms with E-state index in [4.69, 9.17) is 0 Å². The van der Waals surface area contributed by atoms with Gasteiger partial charge in [-0.05, 0) is 101 Å². The molecular formula is C47H63Br. The molecular weight excluding hydrogens is 644 g/mol. The first kappa shape index (κ1) is 42.6. The topological polar surface area (TPSA) is 0 Å². The Kier molecular flexibility index (Phi) is 22.7. The summed E-state index contributed by atoms with van der Waals surface area (Å²) >= 11 is 3.35. The summed E-state index contributed by atoms with van der Waals surface area (Å²) in [5.74, 6) is 1.41. The molecule has 1 heteroatoms. The summed E-state index contributed by atoms with van der Waals surface area (Å²) in [5.41, 5.74) is 11.0. The Hall–Kier alpha value is -3.42. The van der Waals surface area contributed by atoms with Gasteiger partial charge in [-0.15, -0.1) is 0 Å². The second-order valence-electron chi connectivity index (χ2n) is 13.0. The average Bonchev–Trinajstić information content (AvgIpc) is 3.11. The lowest BCUT2D eigenvalue weighted by Crippen LogP contribution is -1.89. The molecule has 5 aromatic rings. The lowest BCUT2D eigenvalue weighted by Gasteiger charge is -2.07. The van der Waals surface area contributed by atoms with Gasteiger partial charge in [-0.1, -0.05) is 200 Å². The second-order valence-corrected chi connectivity index (χ2v) is 13.9. The third kappa shape index (κ3) is 20.1. The van der Waals surface area contributed by atoms with Crippen molar-refractivity contribution in [3.05, 3.63) is 176 Å². The lowest BCUT2D eigenvalue weighted by atomic mass is 9.98. The van der Waals surface area contributed by atoms with Crippen molar-refractivity contribution in [1.29, 1.82) is 0 Å². The molecule has 2 atom stereocenters. The van der Waals surface area contributed by atoms with Crippen LogP contribution in [0.5, 0.6) is 0 Å². The molecule has 5 rings (SSSR count). The van der Waals surface area contributed by atoms with Crippen LogP contribution >= 0.6 is 15.9 Å². The SMILES string of the molecule is CCCCc1ccc(C)cc1.CC[C@@H](C)c1ccc(C)cc1.CC[C@H](C)c1ccc(C)cc1.Cc1ccc(Br)cc1.Cc1ccccc1. The van der Waals surface area contributed by atoms with Crippen LogP contribution in [0.2, 0.25) is 0 Å². The van der Waals surface area contributed by atoms with Crippen molar-refractivity contribution in [2.45, 2.75) is 113 Å². The number of aryl methyl sites for hydroxylation is 6. The number of unbranched alkanes of at least 4 members (excludes halogenated alkanes) is 1. The minimum atomic E-state index is 0.704. The van der Waals surface area contributed by atoms with Gasteiger partial charge in [0.25, 0.3) is 0 Å². The highest BCUT2D eigenvalue weighted by molar-refractivity contribution is 9.10. The Bertz CT molecular complexity index is 1380. The molecule has 0 spiro atoms. The third-order valence-electron chi connectivity index (χ3n) is 8.41. The molecule has 0 aromatic heterocycles. The quantitative estimate of drug-likeness (QED) is 0.158. The van der Waals surface area contributed by atoms with E-state index < -0.39 is 0 Å². The number of halogens is 1. The molecule has 0 aliphatic heterocycles. The highest BCUT2D eigenvalue weighted by Crippen LogP contribution is 2.19. The smallest absolute Gasteiger partial charge is 0.0175 e. The van der Waals surface area contributed by atoms with E-state index in [0.717, 1.165) is 4.47 Å². The minimum absolute atomic E-state index is 0.704. The van der Waals surface area contributed by atoms with Crippen molar-refractivity contribution in [3.63, 3.8) is 0 Å². The summed E-state index contributed by atoms with van der Waals surface area (Å²) in [6.45, 7) is 21.8. The third-order valence-corrected chi connectivity index (χ3v) is 8.94. The van der Waals surface area contributed by atoms with Crippen LogP contribution in [0, 0.1) is 34.6 Å². The van der Waals surface area contributed by atoms with Crippen molar-refractivity contribution >= 4 is 15.9 Å². The Morgan fingerprint density at radius 2 is 0.771 bits per heavy atom. The van der Waals surface area contributed by atoms with Gasteiger partial charge in [0.05, 0.1) is 0 Å². The van der Waals surface area contributed by atoms with Crippen LogP contribution in [-0.2, 0) is 6.42 Å². The number of hydrogen-bond acceptors (Lipinski definition) is 0. The Balaban J connectivity index is 0.000000303. The summed E-state index contributed by atoms with van der Waals surface area (Å²) in [4.78, 5) is 0. The van der Waals surface area contributed by atoms with E-state index in [-0.39, 0.29) is 0 Å². The molecule has 48 heavy (non-hydrogen) atoms. The van der Waals surface area contributed by atoms with Crippen molar-refractivity contribution in [3.8, 4) is 0 Å². The van der Waals surface area contributed by atoms with E-state index in [2.05, 4.69) is 182 Å². The first-order valence-corrected chi connectivity index (χ1v) is 18.7. The van der Waals surface area contributed by atoms with Crippen LogP contribution in [-0.4, -0.2) is 0 Å². The summed E-state index contributed by atoms with van der Waals surface area (Å²) in [7, 11) is 0. The molecule has 258 valence electrons. The monoisotopic (exact) mass is 706 g/mol. The Labute approximate surface area is 304 Å². The zero-order chi connectivity index (χ0) is 35.7. The van der Waals surface area contributed by atoms with Gasteiger partial charge in [0, 0.05) is 4.47 Å². The predicted molar refractivity (Wildman–Crippen MR) is 220 cm³/mol. The second kappa shape index (κ2) is 25.6. The molecule has 0 aliphatic carbocycles. The maximum atomic E-state index is 3.35. The van der Waals surface area contributed by atoms with E-state index >= 15 is 0 Å². The largest absolute Gasteiger partial charge is 0.0654 e. The molecule has 0 saturated heterocycles. The van der Waals surface area contributed by atoms with Gasteiger partial charge in [0.2, 0.25) is 0 Å². The maximum absolute atomic E-state index is 3.35. The molecule has 0 bridgehead atoms. The van der Waals surface area contributed by atoms with Crippen molar-refractivity contribution in [2.24, 2.45) is 0 Å². The molecule has 0 nitrogen and oxygen atoms in total. The van der Waals surface area contributed by atoms with Crippen LogP contribution in [0.1, 0.15) is 117 Å². The summed E-state index contributed by atoms with van der Waals surface area (Å²) < 4.78 is 1.14. The molecule has 0 saturated carbocycles. The molecule has 0 unspecified atom stereocenters. The normalized spacial score (nSPS) is 11.1. The van der Waals surface area contributed by atoms with E-state index in [1.54, 1.807) is 0 Å². The fraction of sp³-hybridized carbons (Fsp3) is 0.362. The average molecular weight is 708 g/mol. The van der Waals surface area contributed by atoms with Crippen LogP contribution in [0.3, 0.4) is 0 Å². The first-order valence-electron chi connectivity index (χ1n) is 17.9.